The monoisotopic (exact) mass is 349 g/mol. The Hall–Kier alpha value is -2.41. The summed E-state index contributed by atoms with van der Waals surface area (Å²) in [5.74, 6) is 0. The lowest BCUT2D eigenvalue weighted by molar-refractivity contribution is -0.140. The van der Waals surface area contributed by atoms with Crippen LogP contribution >= 0.6 is 11.3 Å². The minimum absolute atomic E-state index is 0.208. The third-order valence-electron chi connectivity index (χ3n) is 3.42. The standard InChI is InChI=1S/C17H14F3N3S/c1-11-5-4-6-12(9-11)15(13-7-2-3-8-21-13)23-16-22-14(10-24-16)17(18,19)20/h2-10,15H,1H3,(H,22,23). The van der Waals surface area contributed by atoms with Gasteiger partial charge in [0.25, 0.3) is 0 Å². The van der Waals surface area contributed by atoms with Gasteiger partial charge < -0.3 is 5.32 Å². The maximum Gasteiger partial charge on any atom is 0.434 e. The van der Waals surface area contributed by atoms with Crippen LogP contribution in [0.4, 0.5) is 18.3 Å². The molecule has 0 aliphatic heterocycles. The van der Waals surface area contributed by atoms with Crippen molar-refractivity contribution in [1.29, 1.82) is 0 Å². The van der Waals surface area contributed by atoms with Gasteiger partial charge in [-0.3, -0.25) is 4.98 Å². The summed E-state index contributed by atoms with van der Waals surface area (Å²) in [6.07, 6.45) is -2.79. The summed E-state index contributed by atoms with van der Waals surface area (Å²) in [5, 5.41) is 4.29. The number of aryl methyl sites for hydroxylation is 1. The summed E-state index contributed by atoms with van der Waals surface area (Å²) in [4.78, 5) is 7.98. The van der Waals surface area contributed by atoms with Crippen molar-refractivity contribution in [2.45, 2.75) is 19.1 Å². The van der Waals surface area contributed by atoms with E-state index in [1.165, 1.54) is 0 Å². The number of nitrogens with one attached hydrogen (secondary N) is 1. The summed E-state index contributed by atoms with van der Waals surface area (Å²) in [5.41, 5.74) is 1.80. The summed E-state index contributed by atoms with van der Waals surface area (Å²) < 4.78 is 38.2. The van der Waals surface area contributed by atoms with E-state index in [0.29, 0.717) is 5.69 Å². The number of alkyl halides is 3. The third-order valence-corrected chi connectivity index (χ3v) is 4.19. The van der Waals surface area contributed by atoms with Crippen LogP contribution in [0.3, 0.4) is 0 Å². The van der Waals surface area contributed by atoms with Crippen LogP contribution in [0.15, 0.2) is 54.0 Å². The molecule has 1 unspecified atom stereocenters. The van der Waals surface area contributed by atoms with E-state index in [1.54, 1.807) is 12.3 Å². The molecule has 0 radical (unpaired) electrons. The fraction of sp³-hybridized carbons (Fsp3) is 0.176. The first-order valence-electron chi connectivity index (χ1n) is 7.20. The van der Waals surface area contributed by atoms with Crippen LogP contribution in [0.1, 0.15) is 28.6 Å². The number of pyridine rings is 1. The molecule has 0 amide bonds. The van der Waals surface area contributed by atoms with E-state index in [9.17, 15) is 13.2 Å². The van der Waals surface area contributed by atoms with Crippen molar-refractivity contribution in [3.63, 3.8) is 0 Å². The number of rotatable bonds is 4. The Labute approximate surface area is 141 Å². The van der Waals surface area contributed by atoms with Crippen LogP contribution in [0.2, 0.25) is 0 Å². The lowest BCUT2D eigenvalue weighted by Gasteiger charge is -2.18. The Balaban J connectivity index is 1.95. The Morgan fingerprint density at radius 3 is 2.58 bits per heavy atom. The Morgan fingerprint density at radius 2 is 1.96 bits per heavy atom. The normalized spacial score (nSPS) is 12.8. The zero-order chi connectivity index (χ0) is 17.2. The van der Waals surface area contributed by atoms with E-state index < -0.39 is 11.9 Å². The molecule has 1 aromatic carbocycles. The maximum absolute atomic E-state index is 12.7. The van der Waals surface area contributed by atoms with Gasteiger partial charge in [-0.1, -0.05) is 35.9 Å². The van der Waals surface area contributed by atoms with E-state index in [2.05, 4.69) is 15.3 Å². The number of halogens is 3. The van der Waals surface area contributed by atoms with E-state index in [1.807, 2.05) is 43.3 Å². The molecule has 3 rings (SSSR count). The molecule has 24 heavy (non-hydrogen) atoms. The second kappa shape index (κ2) is 6.60. The zero-order valence-electron chi connectivity index (χ0n) is 12.7. The van der Waals surface area contributed by atoms with Gasteiger partial charge in [0.2, 0.25) is 0 Å². The summed E-state index contributed by atoms with van der Waals surface area (Å²) in [7, 11) is 0. The molecule has 0 fully saturated rings. The van der Waals surface area contributed by atoms with Crippen LogP contribution in [0.5, 0.6) is 0 Å². The van der Waals surface area contributed by atoms with E-state index >= 15 is 0 Å². The van der Waals surface area contributed by atoms with Crippen molar-refractivity contribution in [2.24, 2.45) is 0 Å². The molecule has 2 aromatic heterocycles. The average molecular weight is 349 g/mol. The van der Waals surface area contributed by atoms with Crippen LogP contribution in [-0.2, 0) is 6.18 Å². The molecular formula is C17H14F3N3S. The van der Waals surface area contributed by atoms with Crippen LogP contribution in [-0.4, -0.2) is 9.97 Å². The van der Waals surface area contributed by atoms with Gasteiger partial charge in [0.05, 0.1) is 11.7 Å². The molecule has 0 bridgehead atoms. The van der Waals surface area contributed by atoms with Crippen molar-refractivity contribution < 1.29 is 13.2 Å². The highest BCUT2D eigenvalue weighted by molar-refractivity contribution is 7.13. The van der Waals surface area contributed by atoms with E-state index in [4.69, 9.17) is 0 Å². The van der Waals surface area contributed by atoms with Crippen molar-refractivity contribution in [3.05, 3.63) is 76.6 Å². The van der Waals surface area contributed by atoms with Gasteiger partial charge in [0.1, 0.15) is 0 Å². The second-order valence-electron chi connectivity index (χ2n) is 5.28. The SMILES string of the molecule is Cc1cccc(C(Nc2nc(C(F)(F)F)cs2)c2ccccn2)c1. The Morgan fingerprint density at radius 1 is 1.12 bits per heavy atom. The number of thiazole rings is 1. The van der Waals surface area contributed by atoms with Crippen LogP contribution in [0.25, 0.3) is 0 Å². The van der Waals surface area contributed by atoms with Gasteiger partial charge in [-0.15, -0.1) is 11.3 Å². The average Bonchev–Trinajstić information content (AvgIpc) is 3.02. The topological polar surface area (TPSA) is 37.8 Å². The number of hydrogen-bond donors (Lipinski definition) is 1. The maximum atomic E-state index is 12.7. The highest BCUT2D eigenvalue weighted by Gasteiger charge is 2.34. The summed E-state index contributed by atoms with van der Waals surface area (Å²) in [6, 6.07) is 12.9. The molecule has 2 heterocycles. The highest BCUT2D eigenvalue weighted by atomic mass is 32.1. The number of anilines is 1. The van der Waals surface area contributed by atoms with Gasteiger partial charge in [-0.2, -0.15) is 13.2 Å². The van der Waals surface area contributed by atoms with Crippen LogP contribution < -0.4 is 5.32 Å². The molecule has 0 spiro atoms. The van der Waals surface area contributed by atoms with Gasteiger partial charge in [0.15, 0.2) is 10.8 Å². The zero-order valence-corrected chi connectivity index (χ0v) is 13.5. The first-order valence-corrected chi connectivity index (χ1v) is 8.08. The largest absolute Gasteiger partial charge is 0.434 e. The lowest BCUT2D eigenvalue weighted by atomic mass is 10.0. The predicted molar refractivity (Wildman–Crippen MR) is 88.0 cm³/mol. The minimum Gasteiger partial charge on any atom is -0.349 e. The smallest absolute Gasteiger partial charge is 0.349 e. The molecule has 0 aliphatic carbocycles. The van der Waals surface area contributed by atoms with E-state index in [0.717, 1.165) is 27.8 Å². The molecular weight excluding hydrogens is 335 g/mol. The second-order valence-corrected chi connectivity index (χ2v) is 6.14. The fourth-order valence-corrected chi connectivity index (χ4v) is 3.06. The van der Waals surface area contributed by atoms with Gasteiger partial charge in [-0.05, 0) is 24.6 Å². The minimum atomic E-state index is -4.44. The third kappa shape index (κ3) is 3.73. The lowest BCUT2D eigenvalue weighted by Crippen LogP contribution is -2.14. The molecule has 1 N–H and O–H groups in total. The Kier molecular flexibility index (Phi) is 4.53. The molecule has 3 nitrogen and oxygen atoms in total. The summed E-state index contributed by atoms with van der Waals surface area (Å²) in [6.45, 7) is 1.96. The first-order chi connectivity index (χ1) is 11.4. The first kappa shape index (κ1) is 16.4. The van der Waals surface area contributed by atoms with Gasteiger partial charge in [0, 0.05) is 11.6 Å². The van der Waals surface area contributed by atoms with Gasteiger partial charge in [-0.25, -0.2) is 4.98 Å². The molecule has 0 saturated carbocycles. The number of nitrogens with zero attached hydrogens (tertiary/aromatic N) is 2. The number of benzene rings is 1. The molecule has 0 saturated heterocycles. The van der Waals surface area contributed by atoms with Gasteiger partial charge >= 0.3 is 6.18 Å². The quantitative estimate of drug-likeness (QED) is 0.715. The molecule has 3 aromatic rings. The molecule has 1 atom stereocenters. The fourth-order valence-electron chi connectivity index (χ4n) is 2.32. The number of hydrogen-bond acceptors (Lipinski definition) is 4. The van der Waals surface area contributed by atoms with Crippen molar-refractivity contribution >= 4 is 16.5 Å². The van der Waals surface area contributed by atoms with Crippen LogP contribution in [0, 0.1) is 6.92 Å². The highest BCUT2D eigenvalue weighted by Crippen LogP contribution is 2.34. The summed E-state index contributed by atoms with van der Waals surface area (Å²) >= 11 is 0.928. The van der Waals surface area contributed by atoms with Crippen molar-refractivity contribution in [1.82, 2.24) is 9.97 Å². The Bertz CT molecular complexity index is 815. The molecule has 7 heteroatoms. The molecule has 124 valence electrons. The predicted octanol–water partition coefficient (Wildman–Crippen LogP) is 5.07. The van der Waals surface area contributed by atoms with E-state index in [-0.39, 0.29) is 11.2 Å². The molecule has 0 aliphatic rings. The van der Waals surface area contributed by atoms with Crippen molar-refractivity contribution in [3.8, 4) is 0 Å². The van der Waals surface area contributed by atoms with Crippen molar-refractivity contribution in [2.75, 3.05) is 5.32 Å². The number of aromatic nitrogens is 2.